The second-order valence-electron chi connectivity index (χ2n) is 11.7. The van der Waals surface area contributed by atoms with Crippen LogP contribution in [-0.2, 0) is 10.0 Å². The molecule has 0 spiro atoms. The Morgan fingerprint density at radius 1 is 0.886 bits per heavy atom. The van der Waals surface area contributed by atoms with Crippen molar-refractivity contribution in [3.05, 3.63) is 84.6 Å². The predicted molar refractivity (Wildman–Crippen MR) is 185 cm³/mol. The van der Waals surface area contributed by atoms with Crippen molar-refractivity contribution in [2.24, 2.45) is 0 Å². The number of hydrogen-bond acceptors (Lipinski definition) is 6. The van der Waals surface area contributed by atoms with Crippen LogP contribution in [0.3, 0.4) is 0 Å². The first kappa shape index (κ1) is 33.1. The van der Waals surface area contributed by atoms with Gasteiger partial charge >= 0.3 is 6.03 Å². The Kier molecular flexibility index (Phi) is 10.4. The molecule has 2 amide bonds. The van der Waals surface area contributed by atoms with Crippen LogP contribution < -0.4 is 26.0 Å². The molecule has 4 aromatic rings. The summed E-state index contributed by atoms with van der Waals surface area (Å²) in [5, 5.41) is 13.3. The highest BCUT2D eigenvalue weighted by atomic mass is 32.2. The summed E-state index contributed by atoms with van der Waals surface area (Å²) in [6, 6.07) is 21.7. The number of aromatic nitrogens is 1. The number of hydrogen-bond donors (Lipinski definition) is 5. The Bertz CT molecular complexity index is 1710. The van der Waals surface area contributed by atoms with Gasteiger partial charge in [-0.05, 0) is 95.7 Å². The third-order valence-corrected chi connectivity index (χ3v) is 9.29. The van der Waals surface area contributed by atoms with Crippen LogP contribution >= 0.6 is 23.6 Å². The molecule has 3 aromatic carbocycles. The number of urea groups is 1. The average Bonchev–Trinajstić information content (AvgIpc) is 3.42. The first-order chi connectivity index (χ1) is 20.7. The van der Waals surface area contributed by atoms with E-state index in [1.807, 2.05) is 75.4 Å². The van der Waals surface area contributed by atoms with Gasteiger partial charge in [0.05, 0.1) is 15.8 Å². The lowest BCUT2D eigenvalue weighted by molar-refractivity contribution is 0.249. The monoisotopic (exact) mass is 650 g/mol. The zero-order chi connectivity index (χ0) is 32.1. The molecule has 4 rings (SSSR count). The molecule has 0 bridgehead atoms. The lowest BCUT2D eigenvalue weighted by Crippen LogP contribution is -2.40. The van der Waals surface area contributed by atoms with Gasteiger partial charge in [0.2, 0.25) is 10.0 Å². The molecular weight excluding hydrogens is 613 g/mol. The second kappa shape index (κ2) is 13.9. The van der Waals surface area contributed by atoms with E-state index < -0.39 is 21.6 Å². The van der Waals surface area contributed by atoms with Crippen LogP contribution in [0.1, 0.15) is 53.1 Å². The van der Waals surface area contributed by atoms with Crippen LogP contribution in [0, 0.1) is 0 Å². The molecule has 232 valence electrons. The Balaban J connectivity index is 1.60. The lowest BCUT2D eigenvalue weighted by Gasteiger charge is -2.22. The van der Waals surface area contributed by atoms with Gasteiger partial charge in [-0.2, -0.15) is 0 Å². The predicted octanol–water partition coefficient (Wildman–Crippen LogP) is 7.13. The minimum atomic E-state index is -3.97. The molecule has 1 aromatic heterocycles. The van der Waals surface area contributed by atoms with E-state index in [2.05, 4.69) is 31.0 Å². The summed E-state index contributed by atoms with van der Waals surface area (Å²) in [6.45, 7) is 11.2. The Morgan fingerprint density at radius 3 is 2.18 bits per heavy atom. The first-order valence-electron chi connectivity index (χ1n) is 14.1. The van der Waals surface area contributed by atoms with Crippen LogP contribution in [0.5, 0.6) is 0 Å². The molecule has 1 heterocycles. The third-order valence-electron chi connectivity index (χ3n) is 6.20. The quantitative estimate of drug-likeness (QED) is 0.122. The molecule has 0 radical (unpaired) electrons. The number of thiocarbonyl (C=S) groups is 1. The standard InChI is InChI=1S/C32H38N6O3S3/c1-20(2)34-31(42)37-24-14-12-23(13-15-24)29-33-19-27(43-29)26-17-16-25(18-28(26)44(40,41)38-32(4,5)6)36-30(39)35-21(3)22-10-8-7-9-11-22/h7-21,38H,1-6H3,(H2,34,37,42)(H2,35,36,39). The van der Waals surface area contributed by atoms with E-state index in [-0.39, 0.29) is 17.0 Å². The maximum absolute atomic E-state index is 13.6. The van der Waals surface area contributed by atoms with Gasteiger partial charge in [0.25, 0.3) is 0 Å². The molecule has 0 fully saturated rings. The number of anilines is 2. The minimum absolute atomic E-state index is 0.0437. The number of carbonyl (C=O) groups is 1. The largest absolute Gasteiger partial charge is 0.360 e. The van der Waals surface area contributed by atoms with Crippen LogP contribution in [0.2, 0.25) is 0 Å². The van der Waals surface area contributed by atoms with Crippen LogP contribution in [0.25, 0.3) is 21.0 Å². The number of nitrogens with zero attached hydrogens (tertiary/aromatic N) is 1. The summed E-state index contributed by atoms with van der Waals surface area (Å²) in [7, 11) is -3.97. The Labute approximate surface area is 269 Å². The smallest absolute Gasteiger partial charge is 0.319 e. The number of rotatable bonds is 9. The van der Waals surface area contributed by atoms with Crippen molar-refractivity contribution in [2.45, 2.75) is 64.1 Å². The van der Waals surface area contributed by atoms with Gasteiger partial charge in [0.1, 0.15) is 5.01 Å². The fraction of sp³-hybridized carbons (Fsp3) is 0.281. The molecule has 1 atom stereocenters. The average molecular weight is 651 g/mol. The summed E-state index contributed by atoms with van der Waals surface area (Å²) < 4.78 is 30.0. The number of carbonyl (C=O) groups excluding carboxylic acids is 1. The number of nitrogens with one attached hydrogen (secondary N) is 5. The molecule has 0 saturated carbocycles. The van der Waals surface area contributed by atoms with Gasteiger partial charge in [-0.15, -0.1) is 11.3 Å². The summed E-state index contributed by atoms with van der Waals surface area (Å²) in [5.41, 5.74) is 2.79. The summed E-state index contributed by atoms with van der Waals surface area (Å²) in [6.07, 6.45) is 1.67. The van der Waals surface area contributed by atoms with Crippen molar-refractivity contribution < 1.29 is 13.2 Å². The highest BCUT2D eigenvalue weighted by Gasteiger charge is 2.27. The molecule has 0 saturated heterocycles. The van der Waals surface area contributed by atoms with Crippen molar-refractivity contribution in [2.75, 3.05) is 10.6 Å². The van der Waals surface area contributed by atoms with E-state index in [1.54, 1.807) is 39.1 Å². The highest BCUT2D eigenvalue weighted by Crippen LogP contribution is 2.37. The summed E-state index contributed by atoms with van der Waals surface area (Å²) in [4.78, 5) is 18.1. The topological polar surface area (TPSA) is 124 Å². The number of benzene rings is 3. The molecule has 44 heavy (non-hydrogen) atoms. The Hall–Kier alpha value is -3.84. The number of amides is 2. The van der Waals surface area contributed by atoms with Gasteiger partial charge in [0.15, 0.2) is 5.11 Å². The van der Waals surface area contributed by atoms with Crippen molar-refractivity contribution in [1.29, 1.82) is 0 Å². The molecule has 5 N–H and O–H groups in total. The fourth-order valence-corrected chi connectivity index (χ4v) is 7.38. The van der Waals surface area contributed by atoms with Gasteiger partial charge in [0, 0.05) is 40.3 Å². The molecular formula is C32H38N6O3S3. The summed E-state index contributed by atoms with van der Waals surface area (Å²) >= 11 is 6.71. The van der Waals surface area contributed by atoms with Crippen LogP contribution in [0.15, 0.2) is 83.9 Å². The van der Waals surface area contributed by atoms with E-state index in [4.69, 9.17) is 12.2 Å². The Morgan fingerprint density at radius 2 is 1.55 bits per heavy atom. The van der Waals surface area contributed by atoms with E-state index in [0.717, 1.165) is 21.8 Å². The molecule has 9 nitrogen and oxygen atoms in total. The minimum Gasteiger partial charge on any atom is -0.360 e. The normalized spacial score (nSPS) is 12.4. The second-order valence-corrected chi connectivity index (χ2v) is 14.7. The fourth-order valence-electron chi connectivity index (χ4n) is 4.33. The first-order valence-corrected chi connectivity index (χ1v) is 16.9. The van der Waals surface area contributed by atoms with Gasteiger partial charge < -0.3 is 21.3 Å². The van der Waals surface area contributed by atoms with Crippen LogP contribution in [-0.4, -0.2) is 36.1 Å². The third kappa shape index (κ3) is 9.08. The van der Waals surface area contributed by atoms with Gasteiger partial charge in [-0.1, -0.05) is 36.4 Å². The zero-order valence-corrected chi connectivity index (χ0v) is 28.0. The van der Waals surface area contributed by atoms with Crippen molar-refractivity contribution in [3.8, 4) is 21.0 Å². The van der Waals surface area contributed by atoms with E-state index in [0.29, 0.717) is 21.2 Å². The van der Waals surface area contributed by atoms with Crippen molar-refractivity contribution >= 4 is 56.1 Å². The van der Waals surface area contributed by atoms with Crippen LogP contribution in [0.4, 0.5) is 16.2 Å². The molecule has 1 unspecified atom stereocenters. The van der Waals surface area contributed by atoms with Gasteiger partial charge in [-0.25, -0.2) is 22.9 Å². The van der Waals surface area contributed by atoms with Gasteiger partial charge in [-0.3, -0.25) is 0 Å². The van der Waals surface area contributed by atoms with Crippen molar-refractivity contribution in [3.63, 3.8) is 0 Å². The highest BCUT2D eigenvalue weighted by molar-refractivity contribution is 7.89. The molecule has 12 heteroatoms. The van der Waals surface area contributed by atoms with E-state index in [1.165, 1.54) is 17.4 Å². The molecule has 0 aliphatic heterocycles. The lowest BCUT2D eigenvalue weighted by atomic mass is 10.1. The number of thiazole rings is 1. The zero-order valence-electron chi connectivity index (χ0n) is 25.6. The maximum atomic E-state index is 13.6. The summed E-state index contributed by atoms with van der Waals surface area (Å²) in [5.74, 6) is 0. The maximum Gasteiger partial charge on any atom is 0.319 e. The van der Waals surface area contributed by atoms with E-state index in [9.17, 15) is 13.2 Å². The van der Waals surface area contributed by atoms with Crippen molar-refractivity contribution in [1.82, 2.24) is 20.3 Å². The van der Waals surface area contributed by atoms with E-state index >= 15 is 0 Å². The molecule has 0 aliphatic rings. The SMILES string of the molecule is CC(C)NC(=S)Nc1ccc(-c2ncc(-c3ccc(NC(=O)NC(C)c4ccccc4)cc3S(=O)(=O)NC(C)(C)C)s2)cc1. The number of sulfonamides is 1. The molecule has 0 aliphatic carbocycles.